The van der Waals surface area contributed by atoms with Gasteiger partial charge in [0.25, 0.3) is 0 Å². The molecule has 1 aliphatic carbocycles. The molecular weight excluding hydrogens is 246 g/mol. The van der Waals surface area contributed by atoms with E-state index in [-0.39, 0.29) is 0 Å². The maximum atomic E-state index is 11.1. The molecule has 0 heterocycles. The van der Waals surface area contributed by atoms with Gasteiger partial charge in [-0.25, -0.2) is 0 Å². The number of benzene rings is 1. The summed E-state index contributed by atoms with van der Waals surface area (Å²) in [6.07, 6.45) is 4.91. The van der Waals surface area contributed by atoms with Crippen LogP contribution < -0.4 is 0 Å². The lowest BCUT2D eigenvalue weighted by molar-refractivity contribution is -0.0738. The zero-order valence-corrected chi connectivity index (χ0v) is 12.8. The van der Waals surface area contributed by atoms with E-state index >= 15 is 0 Å². The summed E-state index contributed by atoms with van der Waals surface area (Å²) in [4.78, 5) is 0. The molecular formula is C18H25NO. The van der Waals surface area contributed by atoms with Gasteiger partial charge in [-0.05, 0) is 38.2 Å². The molecule has 1 aromatic rings. The molecule has 2 rings (SSSR count). The van der Waals surface area contributed by atoms with Crippen molar-refractivity contribution < 1.29 is 5.11 Å². The highest BCUT2D eigenvalue weighted by atomic mass is 16.3. The Balaban J connectivity index is 2.38. The minimum atomic E-state index is -1.08. The Kier molecular flexibility index (Phi) is 4.20. The van der Waals surface area contributed by atoms with Crippen molar-refractivity contribution in [2.24, 2.45) is 11.3 Å². The highest BCUT2D eigenvalue weighted by Crippen LogP contribution is 2.51. The third-order valence-electron chi connectivity index (χ3n) is 5.19. The summed E-state index contributed by atoms with van der Waals surface area (Å²) >= 11 is 0. The monoisotopic (exact) mass is 271 g/mol. The average Bonchev–Trinajstić information content (AvgIpc) is 2.47. The van der Waals surface area contributed by atoms with Crippen LogP contribution in [0, 0.1) is 29.6 Å². The molecule has 0 radical (unpaired) electrons. The van der Waals surface area contributed by atoms with Crippen molar-refractivity contribution in [1.82, 2.24) is 0 Å². The molecule has 1 aromatic carbocycles. The lowest BCUT2D eigenvalue weighted by atomic mass is 9.59. The molecule has 20 heavy (non-hydrogen) atoms. The van der Waals surface area contributed by atoms with Crippen LogP contribution in [0.15, 0.2) is 24.3 Å². The Morgan fingerprint density at radius 2 is 2.05 bits per heavy atom. The highest BCUT2D eigenvalue weighted by Gasteiger charge is 2.50. The Morgan fingerprint density at radius 1 is 1.40 bits per heavy atom. The third kappa shape index (κ3) is 2.47. The highest BCUT2D eigenvalue weighted by molar-refractivity contribution is 5.31. The Labute approximate surface area is 122 Å². The predicted molar refractivity (Wildman–Crippen MR) is 81.0 cm³/mol. The smallest absolute Gasteiger partial charge is 0.105 e. The van der Waals surface area contributed by atoms with Gasteiger partial charge in [0.15, 0.2) is 0 Å². The van der Waals surface area contributed by atoms with Crippen LogP contribution in [0.4, 0.5) is 0 Å². The zero-order chi connectivity index (χ0) is 14.8. The molecule has 0 aliphatic heterocycles. The van der Waals surface area contributed by atoms with E-state index in [2.05, 4.69) is 13.0 Å². The van der Waals surface area contributed by atoms with Gasteiger partial charge in [-0.15, -0.1) is 0 Å². The molecule has 2 heteroatoms. The fourth-order valence-electron chi connectivity index (χ4n) is 3.54. The number of nitrogens with zero attached hydrogens (tertiary/aromatic N) is 1. The molecule has 108 valence electrons. The second-order valence-corrected chi connectivity index (χ2v) is 6.50. The molecule has 1 fully saturated rings. The SMILES string of the molecule is CCC1CCCC(C#N)(C(C)(O)c2ccc(C)cc2)C1. The lowest BCUT2D eigenvalue weighted by Gasteiger charge is -2.45. The first-order valence-electron chi connectivity index (χ1n) is 7.66. The molecule has 0 saturated heterocycles. The van der Waals surface area contributed by atoms with Gasteiger partial charge >= 0.3 is 0 Å². The molecule has 2 nitrogen and oxygen atoms in total. The first-order valence-corrected chi connectivity index (χ1v) is 7.66. The summed E-state index contributed by atoms with van der Waals surface area (Å²) < 4.78 is 0. The Morgan fingerprint density at radius 3 is 2.60 bits per heavy atom. The summed E-state index contributed by atoms with van der Waals surface area (Å²) in [5, 5.41) is 20.9. The second kappa shape index (κ2) is 5.58. The van der Waals surface area contributed by atoms with Gasteiger partial charge < -0.3 is 5.11 Å². The van der Waals surface area contributed by atoms with Crippen LogP contribution in [-0.4, -0.2) is 5.11 Å². The molecule has 3 unspecified atom stereocenters. The average molecular weight is 271 g/mol. The van der Waals surface area contributed by atoms with Gasteiger partial charge in [0, 0.05) is 0 Å². The van der Waals surface area contributed by atoms with Crippen LogP contribution in [0.3, 0.4) is 0 Å². The Bertz CT molecular complexity index is 497. The van der Waals surface area contributed by atoms with E-state index in [1.165, 1.54) is 12.0 Å². The summed E-state index contributed by atoms with van der Waals surface area (Å²) in [6.45, 7) is 6.03. The van der Waals surface area contributed by atoms with Crippen molar-refractivity contribution in [3.8, 4) is 6.07 Å². The molecule has 1 N–H and O–H groups in total. The largest absolute Gasteiger partial charge is 0.384 e. The quantitative estimate of drug-likeness (QED) is 0.890. The summed E-state index contributed by atoms with van der Waals surface area (Å²) in [5.74, 6) is 0.556. The first kappa shape index (κ1) is 15.1. The van der Waals surface area contributed by atoms with E-state index in [1.807, 2.05) is 38.1 Å². The van der Waals surface area contributed by atoms with Gasteiger partial charge in [0.1, 0.15) is 5.60 Å². The topological polar surface area (TPSA) is 44.0 Å². The van der Waals surface area contributed by atoms with E-state index in [0.29, 0.717) is 5.92 Å². The normalized spacial score (nSPS) is 29.4. The molecule has 1 saturated carbocycles. The molecule has 1 aliphatic rings. The number of hydrogen-bond acceptors (Lipinski definition) is 2. The molecule has 3 atom stereocenters. The minimum Gasteiger partial charge on any atom is -0.384 e. The third-order valence-corrected chi connectivity index (χ3v) is 5.19. The van der Waals surface area contributed by atoms with Gasteiger partial charge in [-0.2, -0.15) is 5.26 Å². The van der Waals surface area contributed by atoms with E-state index < -0.39 is 11.0 Å². The predicted octanol–water partition coefficient (Wildman–Crippen LogP) is 4.31. The van der Waals surface area contributed by atoms with Gasteiger partial charge in [0.05, 0.1) is 11.5 Å². The number of aliphatic hydroxyl groups is 1. The van der Waals surface area contributed by atoms with Crippen molar-refractivity contribution in [2.45, 2.75) is 58.5 Å². The zero-order valence-electron chi connectivity index (χ0n) is 12.8. The molecule has 0 bridgehead atoms. The van der Waals surface area contributed by atoms with Crippen LogP contribution in [0.5, 0.6) is 0 Å². The van der Waals surface area contributed by atoms with Crippen LogP contribution in [0.2, 0.25) is 0 Å². The molecule has 0 aromatic heterocycles. The minimum absolute atomic E-state index is 0.556. The van der Waals surface area contributed by atoms with Crippen molar-refractivity contribution in [3.63, 3.8) is 0 Å². The lowest BCUT2D eigenvalue weighted by Crippen LogP contribution is -2.45. The maximum absolute atomic E-state index is 11.1. The van der Waals surface area contributed by atoms with Crippen LogP contribution in [0.25, 0.3) is 0 Å². The van der Waals surface area contributed by atoms with Crippen LogP contribution in [0.1, 0.15) is 57.1 Å². The number of aryl methyl sites for hydroxylation is 1. The van der Waals surface area contributed by atoms with E-state index in [9.17, 15) is 10.4 Å². The Hall–Kier alpha value is -1.33. The van der Waals surface area contributed by atoms with Crippen LogP contribution >= 0.6 is 0 Å². The van der Waals surface area contributed by atoms with Gasteiger partial charge in [-0.1, -0.05) is 56.0 Å². The van der Waals surface area contributed by atoms with E-state index in [1.54, 1.807) is 0 Å². The van der Waals surface area contributed by atoms with Gasteiger partial charge in [-0.3, -0.25) is 0 Å². The van der Waals surface area contributed by atoms with Gasteiger partial charge in [0.2, 0.25) is 0 Å². The summed E-state index contributed by atoms with van der Waals surface area (Å²) in [5.41, 5.74) is 0.303. The summed E-state index contributed by atoms with van der Waals surface area (Å²) in [7, 11) is 0. The van der Waals surface area contributed by atoms with Crippen LogP contribution in [-0.2, 0) is 5.60 Å². The molecule has 0 spiro atoms. The number of rotatable bonds is 3. The van der Waals surface area contributed by atoms with Crippen molar-refractivity contribution in [2.75, 3.05) is 0 Å². The van der Waals surface area contributed by atoms with Crippen molar-refractivity contribution in [1.29, 1.82) is 5.26 Å². The van der Waals surface area contributed by atoms with E-state index in [4.69, 9.17) is 0 Å². The van der Waals surface area contributed by atoms with E-state index in [0.717, 1.165) is 31.2 Å². The summed E-state index contributed by atoms with van der Waals surface area (Å²) in [6, 6.07) is 10.4. The van der Waals surface area contributed by atoms with Crippen molar-refractivity contribution in [3.05, 3.63) is 35.4 Å². The standard InChI is InChI=1S/C18H25NO/c1-4-15-6-5-11-18(12-15,13-19)17(3,20)16-9-7-14(2)8-10-16/h7-10,15,20H,4-6,11-12H2,1-3H3. The maximum Gasteiger partial charge on any atom is 0.105 e. The fourth-order valence-corrected chi connectivity index (χ4v) is 3.54. The number of nitriles is 1. The number of hydrogen-bond donors (Lipinski definition) is 1. The van der Waals surface area contributed by atoms with Crippen molar-refractivity contribution >= 4 is 0 Å². The first-order chi connectivity index (χ1) is 9.45. The fraction of sp³-hybridized carbons (Fsp3) is 0.611. The second-order valence-electron chi connectivity index (χ2n) is 6.50. The molecule has 0 amide bonds.